The van der Waals surface area contributed by atoms with E-state index in [9.17, 15) is 5.11 Å². The van der Waals surface area contributed by atoms with Crippen molar-refractivity contribution < 1.29 is 19.7 Å². The minimum absolute atomic E-state index is 0.108. The van der Waals surface area contributed by atoms with E-state index in [2.05, 4.69) is 0 Å². The third-order valence-electron chi connectivity index (χ3n) is 2.17. The number of rotatable bonds is 5. The highest BCUT2D eigenvalue weighted by molar-refractivity contribution is 5.17. The summed E-state index contributed by atoms with van der Waals surface area (Å²) in [6.45, 7) is 0.0325. The zero-order valence-corrected chi connectivity index (χ0v) is 7.82. The van der Waals surface area contributed by atoms with Gasteiger partial charge < -0.3 is 19.7 Å². The van der Waals surface area contributed by atoms with Crippen molar-refractivity contribution in [3.63, 3.8) is 0 Å². The van der Waals surface area contributed by atoms with Crippen LogP contribution in [0.3, 0.4) is 0 Å². The molecular weight excluding hydrogens is 172 g/mol. The van der Waals surface area contributed by atoms with Crippen molar-refractivity contribution >= 4 is 0 Å². The quantitative estimate of drug-likeness (QED) is 0.631. The first-order chi connectivity index (χ1) is 6.29. The van der Waals surface area contributed by atoms with E-state index >= 15 is 0 Å². The summed E-state index contributed by atoms with van der Waals surface area (Å²) in [5.41, 5.74) is 0.819. The maximum atomic E-state index is 9.44. The van der Waals surface area contributed by atoms with Crippen molar-refractivity contribution in [2.75, 3.05) is 20.5 Å². The van der Waals surface area contributed by atoms with E-state index in [1.165, 1.54) is 7.11 Å². The number of ether oxygens (including phenoxy) is 2. The number of hydrogen-bond donors (Lipinski definition) is 2. The molecule has 2 N–H and O–H groups in total. The molecule has 4 heteroatoms. The van der Waals surface area contributed by atoms with Crippen LogP contribution in [-0.2, 0) is 9.47 Å². The van der Waals surface area contributed by atoms with Gasteiger partial charge in [0, 0.05) is 13.5 Å². The Morgan fingerprint density at radius 3 is 2.69 bits per heavy atom. The van der Waals surface area contributed by atoms with Crippen LogP contribution in [0.25, 0.3) is 0 Å². The summed E-state index contributed by atoms with van der Waals surface area (Å²) in [4.78, 5) is 0. The minimum Gasteiger partial charge on any atom is -0.512 e. The molecule has 0 saturated heterocycles. The van der Waals surface area contributed by atoms with Gasteiger partial charge in [0.15, 0.2) is 0 Å². The fourth-order valence-electron chi connectivity index (χ4n) is 1.51. The monoisotopic (exact) mass is 188 g/mol. The third-order valence-corrected chi connectivity index (χ3v) is 2.17. The zero-order valence-electron chi connectivity index (χ0n) is 7.82. The molecule has 0 amide bonds. The van der Waals surface area contributed by atoms with E-state index < -0.39 is 6.10 Å². The minimum atomic E-state index is -0.401. The second-order valence-corrected chi connectivity index (χ2v) is 3.07. The zero-order chi connectivity index (χ0) is 9.68. The summed E-state index contributed by atoms with van der Waals surface area (Å²) >= 11 is 0. The smallest absolute Gasteiger partial charge is 0.147 e. The Labute approximate surface area is 77.8 Å². The predicted molar refractivity (Wildman–Crippen MR) is 47.3 cm³/mol. The van der Waals surface area contributed by atoms with Crippen LogP contribution in [0, 0.1) is 0 Å². The van der Waals surface area contributed by atoms with E-state index in [1.807, 2.05) is 0 Å². The van der Waals surface area contributed by atoms with Crippen molar-refractivity contribution in [3.05, 3.63) is 11.3 Å². The Morgan fingerprint density at radius 1 is 1.46 bits per heavy atom. The average Bonchev–Trinajstić information content (AvgIpc) is 2.54. The van der Waals surface area contributed by atoms with E-state index in [0.29, 0.717) is 12.2 Å². The van der Waals surface area contributed by atoms with Gasteiger partial charge in [0.05, 0.1) is 12.4 Å². The normalized spacial score (nSPS) is 19.5. The first-order valence-corrected chi connectivity index (χ1v) is 4.42. The SMILES string of the molecule is COCOC(CO)C1=C(O)CCC1. The third kappa shape index (κ3) is 2.69. The van der Waals surface area contributed by atoms with Gasteiger partial charge in [-0.3, -0.25) is 0 Å². The topological polar surface area (TPSA) is 58.9 Å². The van der Waals surface area contributed by atoms with Crippen LogP contribution in [0.5, 0.6) is 0 Å². The Bertz CT molecular complexity index is 188. The molecule has 1 aliphatic carbocycles. The molecule has 76 valence electrons. The number of hydrogen-bond acceptors (Lipinski definition) is 4. The van der Waals surface area contributed by atoms with Crippen molar-refractivity contribution in [2.24, 2.45) is 0 Å². The van der Waals surface area contributed by atoms with Gasteiger partial charge in [0.1, 0.15) is 12.9 Å². The van der Waals surface area contributed by atoms with E-state index in [1.54, 1.807) is 0 Å². The van der Waals surface area contributed by atoms with Gasteiger partial charge in [-0.05, 0) is 18.4 Å². The molecule has 1 unspecified atom stereocenters. The molecule has 1 atom stereocenters. The van der Waals surface area contributed by atoms with Crippen LogP contribution in [0.1, 0.15) is 19.3 Å². The van der Waals surface area contributed by atoms with E-state index in [-0.39, 0.29) is 13.4 Å². The number of aliphatic hydroxyl groups excluding tert-OH is 2. The van der Waals surface area contributed by atoms with E-state index in [4.69, 9.17) is 14.6 Å². The molecule has 1 rings (SSSR count). The highest BCUT2D eigenvalue weighted by atomic mass is 16.7. The molecule has 0 fully saturated rings. The number of aliphatic hydroxyl groups is 2. The second kappa shape index (κ2) is 5.21. The fourth-order valence-corrected chi connectivity index (χ4v) is 1.51. The van der Waals surface area contributed by atoms with Gasteiger partial charge in [-0.2, -0.15) is 0 Å². The molecular formula is C9H16O4. The Morgan fingerprint density at radius 2 is 2.23 bits per heavy atom. The maximum absolute atomic E-state index is 9.44. The summed E-state index contributed by atoms with van der Waals surface area (Å²) in [5.74, 6) is 0.371. The van der Waals surface area contributed by atoms with Crippen LogP contribution < -0.4 is 0 Å². The lowest BCUT2D eigenvalue weighted by atomic mass is 10.1. The Hall–Kier alpha value is -0.580. The van der Waals surface area contributed by atoms with Gasteiger partial charge >= 0.3 is 0 Å². The molecule has 0 aromatic heterocycles. The van der Waals surface area contributed by atoms with Gasteiger partial charge in [-0.15, -0.1) is 0 Å². The summed E-state index contributed by atoms with van der Waals surface area (Å²) in [5, 5.41) is 18.4. The first kappa shape index (κ1) is 10.5. The molecule has 4 nitrogen and oxygen atoms in total. The Balaban J connectivity index is 2.50. The van der Waals surface area contributed by atoms with Gasteiger partial charge in [0.25, 0.3) is 0 Å². The molecule has 0 aromatic carbocycles. The lowest BCUT2D eigenvalue weighted by Crippen LogP contribution is -2.21. The summed E-state index contributed by atoms with van der Waals surface area (Å²) in [7, 11) is 1.53. The average molecular weight is 188 g/mol. The van der Waals surface area contributed by atoms with Crippen LogP contribution in [-0.4, -0.2) is 36.8 Å². The number of allylic oxidation sites excluding steroid dienone is 1. The highest BCUT2D eigenvalue weighted by Gasteiger charge is 2.22. The van der Waals surface area contributed by atoms with Crippen molar-refractivity contribution in [2.45, 2.75) is 25.4 Å². The van der Waals surface area contributed by atoms with Crippen LogP contribution >= 0.6 is 0 Å². The highest BCUT2D eigenvalue weighted by Crippen LogP contribution is 2.27. The molecule has 0 spiro atoms. The van der Waals surface area contributed by atoms with Gasteiger partial charge in [0.2, 0.25) is 0 Å². The molecule has 13 heavy (non-hydrogen) atoms. The lowest BCUT2D eigenvalue weighted by Gasteiger charge is -2.16. The lowest BCUT2D eigenvalue weighted by molar-refractivity contribution is -0.0747. The van der Waals surface area contributed by atoms with Crippen LogP contribution in [0.4, 0.5) is 0 Å². The van der Waals surface area contributed by atoms with Crippen molar-refractivity contribution in [1.29, 1.82) is 0 Å². The molecule has 0 bridgehead atoms. The molecule has 0 radical (unpaired) electrons. The number of methoxy groups -OCH3 is 1. The maximum Gasteiger partial charge on any atom is 0.147 e. The molecule has 0 heterocycles. The predicted octanol–water partition coefficient (Wildman–Crippen LogP) is 0.964. The van der Waals surface area contributed by atoms with Crippen LogP contribution in [0.15, 0.2) is 11.3 Å². The molecule has 0 saturated carbocycles. The van der Waals surface area contributed by atoms with Gasteiger partial charge in [-0.25, -0.2) is 0 Å². The molecule has 0 aliphatic heterocycles. The Kier molecular flexibility index (Phi) is 4.21. The first-order valence-electron chi connectivity index (χ1n) is 4.42. The van der Waals surface area contributed by atoms with Crippen molar-refractivity contribution in [3.8, 4) is 0 Å². The van der Waals surface area contributed by atoms with Crippen molar-refractivity contribution in [1.82, 2.24) is 0 Å². The second-order valence-electron chi connectivity index (χ2n) is 3.07. The van der Waals surface area contributed by atoms with Gasteiger partial charge in [-0.1, -0.05) is 0 Å². The standard InChI is InChI=1S/C9H16O4/c1-12-6-13-9(5-10)7-3-2-4-8(7)11/h9-11H,2-6H2,1H3. The molecule has 1 aliphatic rings. The van der Waals surface area contributed by atoms with E-state index in [0.717, 1.165) is 18.4 Å². The summed E-state index contributed by atoms with van der Waals surface area (Å²) < 4.78 is 9.94. The molecule has 0 aromatic rings. The largest absolute Gasteiger partial charge is 0.512 e. The fraction of sp³-hybridized carbons (Fsp3) is 0.778. The summed E-state index contributed by atoms with van der Waals surface area (Å²) in [6, 6.07) is 0. The van der Waals surface area contributed by atoms with Crippen LogP contribution in [0.2, 0.25) is 0 Å². The summed E-state index contributed by atoms with van der Waals surface area (Å²) in [6.07, 6.45) is 2.04.